The van der Waals surface area contributed by atoms with Crippen molar-refractivity contribution in [3.8, 4) is 0 Å². The number of piperidine rings is 1. The summed E-state index contributed by atoms with van der Waals surface area (Å²) in [5.41, 5.74) is 1.69. The molecule has 0 aliphatic carbocycles. The average molecular weight is 274 g/mol. The molecule has 108 valence electrons. The molecule has 3 heterocycles. The zero-order valence-electron chi connectivity index (χ0n) is 12.2. The van der Waals surface area contributed by atoms with Gasteiger partial charge in [-0.25, -0.2) is 4.98 Å². The zero-order valence-corrected chi connectivity index (χ0v) is 12.2. The van der Waals surface area contributed by atoms with Gasteiger partial charge in [-0.2, -0.15) is 9.97 Å². The fourth-order valence-corrected chi connectivity index (χ4v) is 2.74. The van der Waals surface area contributed by atoms with E-state index in [4.69, 9.17) is 4.98 Å². The van der Waals surface area contributed by atoms with Crippen LogP contribution < -0.4 is 10.2 Å². The van der Waals surface area contributed by atoms with Crippen molar-refractivity contribution in [2.24, 2.45) is 5.92 Å². The Labute approximate surface area is 119 Å². The van der Waals surface area contributed by atoms with E-state index in [1.165, 1.54) is 12.8 Å². The van der Waals surface area contributed by atoms with E-state index < -0.39 is 0 Å². The van der Waals surface area contributed by atoms with Crippen molar-refractivity contribution >= 4 is 22.9 Å². The highest BCUT2D eigenvalue weighted by Crippen LogP contribution is 2.27. The molecule has 6 nitrogen and oxygen atoms in total. The number of imidazole rings is 1. The molecular weight excluding hydrogens is 252 g/mol. The van der Waals surface area contributed by atoms with Crippen molar-refractivity contribution in [3.63, 3.8) is 0 Å². The predicted octanol–water partition coefficient (Wildman–Crippen LogP) is 2.41. The quantitative estimate of drug-likeness (QED) is 0.896. The van der Waals surface area contributed by atoms with Gasteiger partial charge in [-0.1, -0.05) is 13.8 Å². The highest BCUT2D eigenvalue weighted by molar-refractivity contribution is 5.84. The third-order valence-corrected chi connectivity index (χ3v) is 3.76. The Hall–Kier alpha value is -1.85. The molecule has 3 rings (SSSR count). The summed E-state index contributed by atoms with van der Waals surface area (Å²) in [7, 11) is 0. The fraction of sp³-hybridized carbons (Fsp3) is 0.643. The third-order valence-electron chi connectivity index (χ3n) is 3.76. The van der Waals surface area contributed by atoms with Gasteiger partial charge in [0.2, 0.25) is 5.95 Å². The first-order valence-electron chi connectivity index (χ1n) is 7.48. The molecule has 0 saturated carbocycles. The molecule has 0 aromatic carbocycles. The van der Waals surface area contributed by atoms with Crippen LogP contribution in [0, 0.1) is 5.92 Å². The summed E-state index contributed by atoms with van der Waals surface area (Å²) in [6.45, 7) is 7.42. The van der Waals surface area contributed by atoms with Gasteiger partial charge >= 0.3 is 0 Å². The Morgan fingerprint density at radius 3 is 3.15 bits per heavy atom. The molecule has 0 spiro atoms. The second-order valence-electron chi connectivity index (χ2n) is 5.59. The fourth-order valence-electron chi connectivity index (χ4n) is 2.74. The number of fused-ring (bicyclic) bond motifs is 1. The summed E-state index contributed by atoms with van der Waals surface area (Å²) < 4.78 is 0. The van der Waals surface area contributed by atoms with Crippen LogP contribution in [0.15, 0.2) is 6.33 Å². The lowest BCUT2D eigenvalue weighted by molar-refractivity contribution is 0.445. The number of aromatic nitrogens is 4. The van der Waals surface area contributed by atoms with Gasteiger partial charge in [0.1, 0.15) is 5.52 Å². The number of nitrogens with one attached hydrogen (secondary N) is 2. The second-order valence-corrected chi connectivity index (χ2v) is 5.59. The predicted molar refractivity (Wildman–Crippen MR) is 81.1 cm³/mol. The van der Waals surface area contributed by atoms with E-state index in [2.05, 4.69) is 39.0 Å². The maximum Gasteiger partial charge on any atom is 0.226 e. The van der Waals surface area contributed by atoms with Gasteiger partial charge in [0.25, 0.3) is 0 Å². The van der Waals surface area contributed by atoms with Crippen LogP contribution in [-0.2, 0) is 0 Å². The highest BCUT2D eigenvalue weighted by Gasteiger charge is 2.21. The van der Waals surface area contributed by atoms with Gasteiger partial charge < -0.3 is 15.2 Å². The van der Waals surface area contributed by atoms with Crippen LogP contribution in [0.4, 0.5) is 11.8 Å². The lowest BCUT2D eigenvalue weighted by atomic mass is 10.0. The summed E-state index contributed by atoms with van der Waals surface area (Å²) in [4.78, 5) is 19.0. The topological polar surface area (TPSA) is 69.7 Å². The number of aromatic amines is 1. The number of H-pyrrole nitrogens is 1. The lowest BCUT2D eigenvalue weighted by Crippen LogP contribution is -2.35. The number of anilines is 2. The summed E-state index contributed by atoms with van der Waals surface area (Å²) >= 11 is 0. The molecule has 20 heavy (non-hydrogen) atoms. The smallest absolute Gasteiger partial charge is 0.226 e. The van der Waals surface area contributed by atoms with Gasteiger partial charge in [-0.05, 0) is 25.2 Å². The molecule has 1 atom stereocenters. The summed E-state index contributed by atoms with van der Waals surface area (Å²) in [6, 6.07) is 0. The Bertz CT molecular complexity index is 578. The van der Waals surface area contributed by atoms with Crippen molar-refractivity contribution in [1.29, 1.82) is 0 Å². The van der Waals surface area contributed by atoms with Crippen molar-refractivity contribution in [2.45, 2.75) is 33.1 Å². The SMILES string of the molecule is CCCNc1nc(N2CCCC(C)C2)c2[nH]cnc2n1. The van der Waals surface area contributed by atoms with E-state index in [0.717, 1.165) is 43.0 Å². The van der Waals surface area contributed by atoms with E-state index in [-0.39, 0.29) is 0 Å². The van der Waals surface area contributed by atoms with Gasteiger partial charge in [0.15, 0.2) is 11.5 Å². The lowest BCUT2D eigenvalue weighted by Gasteiger charge is -2.32. The molecule has 2 aromatic rings. The molecule has 1 aliphatic heterocycles. The number of hydrogen-bond acceptors (Lipinski definition) is 5. The van der Waals surface area contributed by atoms with Gasteiger partial charge in [0, 0.05) is 19.6 Å². The normalized spacial score (nSPS) is 19.5. The first kappa shape index (κ1) is 13.1. The van der Waals surface area contributed by atoms with Gasteiger partial charge in [-0.15, -0.1) is 0 Å². The van der Waals surface area contributed by atoms with Gasteiger partial charge in [-0.3, -0.25) is 0 Å². The molecule has 6 heteroatoms. The van der Waals surface area contributed by atoms with E-state index in [1.54, 1.807) is 6.33 Å². The molecule has 0 radical (unpaired) electrons. The molecular formula is C14H22N6. The Kier molecular flexibility index (Phi) is 3.71. The molecule has 0 bridgehead atoms. The van der Waals surface area contributed by atoms with Crippen LogP contribution in [-0.4, -0.2) is 39.6 Å². The Morgan fingerprint density at radius 1 is 1.45 bits per heavy atom. The molecule has 1 unspecified atom stereocenters. The minimum atomic E-state index is 0.680. The molecule has 0 amide bonds. The average Bonchev–Trinajstić information content (AvgIpc) is 2.92. The standard InChI is InChI=1S/C14H22N6/c1-3-6-15-14-18-12-11(16-9-17-12)13(19-14)20-7-4-5-10(2)8-20/h9-10H,3-8H2,1-2H3,(H2,15,16,17,18,19). The van der Waals surface area contributed by atoms with Crippen LogP contribution in [0.5, 0.6) is 0 Å². The van der Waals surface area contributed by atoms with E-state index in [1.807, 2.05) is 0 Å². The highest BCUT2D eigenvalue weighted by atomic mass is 15.3. The van der Waals surface area contributed by atoms with Gasteiger partial charge in [0.05, 0.1) is 6.33 Å². The Balaban J connectivity index is 1.96. The summed E-state index contributed by atoms with van der Waals surface area (Å²) in [6.07, 6.45) is 5.27. The Morgan fingerprint density at radius 2 is 2.35 bits per heavy atom. The zero-order chi connectivity index (χ0) is 13.9. The maximum absolute atomic E-state index is 4.70. The van der Waals surface area contributed by atoms with E-state index in [9.17, 15) is 0 Å². The summed E-state index contributed by atoms with van der Waals surface area (Å²) in [5.74, 6) is 2.38. The maximum atomic E-state index is 4.70. The number of nitrogens with zero attached hydrogens (tertiary/aromatic N) is 4. The molecule has 1 saturated heterocycles. The van der Waals surface area contributed by atoms with E-state index in [0.29, 0.717) is 11.9 Å². The van der Waals surface area contributed by atoms with Crippen molar-refractivity contribution in [2.75, 3.05) is 29.9 Å². The molecule has 2 aromatic heterocycles. The third kappa shape index (κ3) is 2.55. The minimum Gasteiger partial charge on any atom is -0.354 e. The van der Waals surface area contributed by atoms with Crippen LogP contribution in [0.3, 0.4) is 0 Å². The van der Waals surface area contributed by atoms with Crippen LogP contribution in [0.2, 0.25) is 0 Å². The monoisotopic (exact) mass is 274 g/mol. The number of hydrogen-bond donors (Lipinski definition) is 2. The second kappa shape index (κ2) is 5.64. The first-order chi connectivity index (χ1) is 9.78. The largest absolute Gasteiger partial charge is 0.354 e. The number of rotatable bonds is 4. The molecule has 1 fully saturated rings. The van der Waals surface area contributed by atoms with Crippen LogP contribution >= 0.6 is 0 Å². The first-order valence-corrected chi connectivity index (χ1v) is 7.48. The minimum absolute atomic E-state index is 0.680. The van der Waals surface area contributed by atoms with Crippen molar-refractivity contribution in [1.82, 2.24) is 19.9 Å². The molecule has 1 aliphatic rings. The summed E-state index contributed by atoms with van der Waals surface area (Å²) in [5, 5.41) is 3.26. The van der Waals surface area contributed by atoms with Crippen LogP contribution in [0.25, 0.3) is 11.2 Å². The van der Waals surface area contributed by atoms with Crippen molar-refractivity contribution < 1.29 is 0 Å². The van der Waals surface area contributed by atoms with Crippen molar-refractivity contribution in [3.05, 3.63) is 6.33 Å². The van der Waals surface area contributed by atoms with Crippen LogP contribution in [0.1, 0.15) is 33.1 Å². The molecule has 2 N–H and O–H groups in total. The van der Waals surface area contributed by atoms with E-state index >= 15 is 0 Å².